The van der Waals surface area contributed by atoms with Gasteiger partial charge < -0.3 is 17.0 Å². The Morgan fingerprint density at radius 3 is 2.59 bits per heavy atom. The Bertz CT molecular complexity index is 842. The predicted molar refractivity (Wildman–Crippen MR) is 101 cm³/mol. The third kappa shape index (κ3) is 5.24. The summed E-state index contributed by atoms with van der Waals surface area (Å²) in [6.07, 6.45) is -0.595. The first-order chi connectivity index (χ1) is 12.3. The van der Waals surface area contributed by atoms with Crippen molar-refractivity contribution >= 4 is 22.6 Å². The van der Waals surface area contributed by atoms with Gasteiger partial charge in [-0.25, -0.2) is 0 Å². The number of hydrogen-bond donors (Lipinski definition) is 6. The molecule has 0 aromatic heterocycles. The first kappa shape index (κ1) is 22.6. The molecule has 27 heavy (non-hydrogen) atoms. The summed E-state index contributed by atoms with van der Waals surface area (Å²) in [5.74, 6) is -0.295. The van der Waals surface area contributed by atoms with Crippen LogP contribution < -0.4 is 65.7 Å². The average Bonchev–Trinajstić information content (AvgIpc) is 2.86. The van der Waals surface area contributed by atoms with Crippen LogP contribution in [-0.4, -0.2) is 45.0 Å². The predicted octanol–water partition coefficient (Wildman–Crippen LogP) is -1.23. The number of amides is 1. The average molecular weight is 420 g/mol. The SMILES string of the molecule is CNC(=O)c1cccc(Cc2ccc(N3CC(O)NS3(O)O)c(O)c2)c1.[H-].[K+]. The smallest absolute Gasteiger partial charge is 1.00 e. The first-order valence-corrected chi connectivity index (χ1v) is 9.44. The van der Waals surface area contributed by atoms with Crippen molar-refractivity contribution in [3.05, 3.63) is 59.2 Å². The number of aliphatic hydroxyl groups excluding tert-OH is 1. The minimum absolute atomic E-state index is 0. The molecule has 10 heteroatoms. The van der Waals surface area contributed by atoms with Crippen molar-refractivity contribution < 1.29 is 76.9 Å². The number of hydrogen-bond acceptors (Lipinski definition) is 7. The summed E-state index contributed by atoms with van der Waals surface area (Å²) in [5, 5.41) is 22.4. The van der Waals surface area contributed by atoms with Crippen molar-refractivity contribution in [2.75, 3.05) is 17.9 Å². The molecule has 0 spiro atoms. The number of nitrogens with one attached hydrogen (secondary N) is 2. The van der Waals surface area contributed by atoms with E-state index in [1.54, 1.807) is 37.4 Å². The van der Waals surface area contributed by atoms with Crippen LogP contribution in [0.2, 0.25) is 0 Å². The van der Waals surface area contributed by atoms with E-state index in [0.29, 0.717) is 12.0 Å². The maximum atomic E-state index is 11.7. The van der Waals surface area contributed by atoms with Gasteiger partial charge in [0.05, 0.1) is 6.54 Å². The molecule has 2 aromatic carbocycles. The number of phenolic OH excluding ortho intramolecular Hbond substituents is 1. The largest absolute Gasteiger partial charge is 1.00 e. The number of β-amino-alcohol motifs (C(OH)–C–C–N with tert-alkyl or cyclic N) is 1. The first-order valence-electron chi connectivity index (χ1n) is 7.94. The topological polar surface area (TPSA) is 125 Å². The summed E-state index contributed by atoms with van der Waals surface area (Å²) in [7, 11) is -1.80. The van der Waals surface area contributed by atoms with Gasteiger partial charge in [-0.1, -0.05) is 29.2 Å². The molecular formula is C17H22KN3O5S. The molecular weight excluding hydrogens is 397 g/mol. The molecule has 0 aliphatic carbocycles. The van der Waals surface area contributed by atoms with Crippen LogP contribution in [0.1, 0.15) is 22.9 Å². The number of anilines is 1. The van der Waals surface area contributed by atoms with Gasteiger partial charge in [0, 0.05) is 12.6 Å². The molecule has 1 fully saturated rings. The van der Waals surface area contributed by atoms with E-state index < -0.39 is 17.2 Å². The second-order valence-electron chi connectivity index (χ2n) is 5.99. The number of carbonyl (C=O) groups is 1. The summed E-state index contributed by atoms with van der Waals surface area (Å²) in [5.41, 5.74) is 2.47. The van der Waals surface area contributed by atoms with Crippen LogP contribution in [0, 0.1) is 0 Å². The number of rotatable bonds is 4. The van der Waals surface area contributed by atoms with Gasteiger partial charge in [0.2, 0.25) is 0 Å². The van der Waals surface area contributed by atoms with E-state index in [1.165, 1.54) is 6.07 Å². The molecule has 2 aromatic rings. The number of benzene rings is 2. The molecule has 1 unspecified atom stereocenters. The van der Waals surface area contributed by atoms with E-state index in [0.717, 1.165) is 15.4 Å². The summed E-state index contributed by atoms with van der Waals surface area (Å²) in [4.78, 5) is 11.7. The summed E-state index contributed by atoms with van der Waals surface area (Å²) >= 11 is 0. The van der Waals surface area contributed by atoms with Gasteiger partial charge in [-0.2, -0.15) is 4.72 Å². The van der Waals surface area contributed by atoms with Gasteiger partial charge in [-0.3, -0.25) is 18.2 Å². The van der Waals surface area contributed by atoms with Crippen LogP contribution in [0.3, 0.4) is 0 Å². The third-order valence-electron chi connectivity index (χ3n) is 4.07. The van der Waals surface area contributed by atoms with Crippen LogP contribution in [0.25, 0.3) is 0 Å². The molecule has 1 saturated heterocycles. The van der Waals surface area contributed by atoms with E-state index in [1.807, 2.05) is 6.07 Å². The van der Waals surface area contributed by atoms with Gasteiger partial charge in [-0.05, 0) is 41.8 Å². The van der Waals surface area contributed by atoms with Crippen molar-refractivity contribution in [3.63, 3.8) is 0 Å². The van der Waals surface area contributed by atoms with Crippen LogP contribution in [0.5, 0.6) is 5.75 Å². The van der Waals surface area contributed by atoms with Crippen LogP contribution in [-0.2, 0) is 6.42 Å². The van der Waals surface area contributed by atoms with Crippen LogP contribution in [0.15, 0.2) is 42.5 Å². The Balaban J connectivity index is 0.00000196. The van der Waals surface area contributed by atoms with Gasteiger partial charge in [0.1, 0.15) is 17.7 Å². The van der Waals surface area contributed by atoms with Crippen molar-refractivity contribution in [3.8, 4) is 5.75 Å². The van der Waals surface area contributed by atoms with E-state index in [2.05, 4.69) is 10.0 Å². The van der Waals surface area contributed by atoms with E-state index in [9.17, 15) is 24.1 Å². The van der Waals surface area contributed by atoms with E-state index in [4.69, 9.17) is 0 Å². The van der Waals surface area contributed by atoms with Gasteiger partial charge in [0.15, 0.2) is 0 Å². The summed E-state index contributed by atoms with van der Waals surface area (Å²) in [6, 6.07) is 12.0. The molecule has 1 aliphatic rings. The molecule has 3 rings (SSSR count). The van der Waals surface area contributed by atoms with Gasteiger partial charge in [0.25, 0.3) is 5.91 Å². The molecule has 6 N–H and O–H groups in total. The maximum absolute atomic E-state index is 11.7. The molecule has 1 atom stereocenters. The van der Waals surface area contributed by atoms with Crippen molar-refractivity contribution in [2.45, 2.75) is 12.6 Å². The molecule has 8 nitrogen and oxygen atoms in total. The van der Waals surface area contributed by atoms with Crippen LogP contribution >= 0.6 is 11.0 Å². The Hall–Kier alpha value is -0.664. The fourth-order valence-corrected chi connectivity index (χ4v) is 4.22. The normalized spacial score (nSPS) is 19.3. The fourth-order valence-electron chi connectivity index (χ4n) is 2.87. The standard InChI is InChI=1S/C17H21N3O5S.K.H/c1-18-17(23)13-4-2-3-11(8-13)7-12-5-6-14(15(21)9-12)20-10-16(22)19-26(20,24)25;;/h2-6,8-9,16,19,21-22,24-25H,7,10H2,1H3,(H,18,23);;/q;+1;-1. The second-order valence-corrected chi connectivity index (χ2v) is 7.71. The number of carbonyl (C=O) groups excluding carboxylic acids is 1. The third-order valence-corrected chi connectivity index (χ3v) is 5.62. The van der Waals surface area contributed by atoms with Crippen molar-refractivity contribution in [2.24, 2.45) is 0 Å². The Morgan fingerprint density at radius 1 is 1.30 bits per heavy atom. The van der Waals surface area contributed by atoms with E-state index in [-0.39, 0.29) is 76.7 Å². The quantitative estimate of drug-likeness (QED) is 0.343. The zero-order valence-corrected chi connectivity index (χ0v) is 19.0. The zero-order chi connectivity index (χ0) is 18.9. The zero-order valence-electron chi connectivity index (χ0n) is 16.1. The monoisotopic (exact) mass is 419 g/mol. The molecule has 0 bridgehead atoms. The van der Waals surface area contributed by atoms with Gasteiger partial charge >= 0.3 is 51.4 Å². The van der Waals surface area contributed by atoms with Crippen LogP contribution in [0.4, 0.5) is 5.69 Å². The molecule has 0 radical (unpaired) electrons. The second kappa shape index (κ2) is 9.22. The molecule has 1 heterocycles. The maximum Gasteiger partial charge on any atom is 1.00 e. The summed E-state index contributed by atoms with van der Waals surface area (Å²) < 4.78 is 23.3. The van der Waals surface area contributed by atoms with Crippen molar-refractivity contribution in [1.82, 2.24) is 10.0 Å². The number of aliphatic hydroxyl groups is 1. The van der Waals surface area contributed by atoms with Gasteiger partial charge in [-0.15, -0.1) is 0 Å². The Morgan fingerprint density at radius 2 is 2.00 bits per heavy atom. The van der Waals surface area contributed by atoms with E-state index >= 15 is 0 Å². The number of nitrogens with zero attached hydrogens (tertiary/aromatic N) is 1. The Labute approximate surface area is 203 Å². The van der Waals surface area contributed by atoms with Crippen molar-refractivity contribution in [1.29, 1.82) is 0 Å². The summed E-state index contributed by atoms with van der Waals surface area (Å²) in [6.45, 7) is -0.0522. The molecule has 0 saturated carbocycles. The molecule has 142 valence electrons. The number of aromatic hydroxyl groups is 1. The minimum atomic E-state index is -3.37. The fraction of sp³-hybridized carbons (Fsp3) is 0.235. The molecule has 1 amide bonds. The molecule has 1 aliphatic heterocycles. The minimum Gasteiger partial charge on any atom is -1.00 e. The number of phenols is 1. The Kier molecular flexibility index (Phi) is 7.73.